The summed E-state index contributed by atoms with van der Waals surface area (Å²) in [6.45, 7) is 6.09. The molecule has 1 aliphatic rings. The number of amides is 1. The van der Waals surface area contributed by atoms with Crippen LogP contribution in [0.25, 0.3) is 0 Å². The van der Waals surface area contributed by atoms with E-state index in [1.54, 1.807) is 26.0 Å². The number of benzene rings is 1. The van der Waals surface area contributed by atoms with Crippen LogP contribution >= 0.6 is 0 Å². The van der Waals surface area contributed by atoms with Gasteiger partial charge in [-0.2, -0.15) is 0 Å². The Kier molecular flexibility index (Phi) is 6.98. The topological polar surface area (TPSA) is 78.5 Å². The summed E-state index contributed by atoms with van der Waals surface area (Å²) < 4.78 is 26.8. The summed E-state index contributed by atoms with van der Waals surface area (Å²) >= 11 is 0. The summed E-state index contributed by atoms with van der Waals surface area (Å²) in [7, 11) is -1.57. The molecule has 1 aliphatic heterocycles. The lowest BCUT2D eigenvalue weighted by Gasteiger charge is -2.32. The summed E-state index contributed by atoms with van der Waals surface area (Å²) in [5, 5.41) is 3.17. The molecule has 1 aromatic rings. The van der Waals surface area contributed by atoms with E-state index >= 15 is 0 Å². The van der Waals surface area contributed by atoms with E-state index in [1.165, 1.54) is 12.1 Å². The van der Waals surface area contributed by atoms with Gasteiger partial charge >= 0.3 is 0 Å². The highest BCUT2D eigenvalue weighted by Crippen LogP contribution is 2.22. The number of rotatable bonds is 7. The van der Waals surface area contributed by atoms with Gasteiger partial charge in [0.05, 0.1) is 4.90 Å². The van der Waals surface area contributed by atoms with Crippen LogP contribution < -0.4 is 10.0 Å². The van der Waals surface area contributed by atoms with Gasteiger partial charge < -0.3 is 10.2 Å². The van der Waals surface area contributed by atoms with Gasteiger partial charge in [0.2, 0.25) is 10.0 Å². The maximum Gasteiger partial charge on any atom is 0.253 e. The maximum atomic E-state index is 12.6. The molecule has 0 bridgehead atoms. The monoisotopic (exact) mass is 367 g/mol. The molecule has 0 unspecified atom stereocenters. The molecule has 1 amide bonds. The number of carbonyl (C=O) groups is 1. The van der Waals surface area contributed by atoms with Crippen LogP contribution in [0.2, 0.25) is 0 Å². The second kappa shape index (κ2) is 8.78. The maximum absolute atomic E-state index is 12.6. The molecule has 1 saturated heterocycles. The molecule has 0 spiro atoms. The number of likely N-dealkylation sites (tertiary alicyclic amines) is 1. The van der Waals surface area contributed by atoms with Crippen LogP contribution in [-0.4, -0.2) is 51.9 Å². The van der Waals surface area contributed by atoms with E-state index in [1.807, 2.05) is 11.9 Å². The predicted octanol–water partition coefficient (Wildman–Crippen LogP) is 1.84. The third-order valence-corrected chi connectivity index (χ3v) is 6.18. The first kappa shape index (κ1) is 19.9. The molecular weight excluding hydrogens is 338 g/mol. The second-order valence-electron chi connectivity index (χ2n) is 6.93. The Labute approximate surface area is 151 Å². The van der Waals surface area contributed by atoms with Crippen molar-refractivity contribution in [3.05, 3.63) is 29.8 Å². The van der Waals surface area contributed by atoms with Crippen molar-refractivity contribution < 1.29 is 13.2 Å². The van der Waals surface area contributed by atoms with Crippen LogP contribution in [0.5, 0.6) is 0 Å². The summed E-state index contributed by atoms with van der Waals surface area (Å²) in [6, 6.07) is 6.03. The standard InChI is InChI=1S/C18H29N3O3S/c1-14(2)20-25(23,24)17-6-4-16(5-7-17)18(22)21-12-9-15(10-13-21)8-11-19-3/h4-7,14-15,19-20H,8-13H2,1-3H3. The third-order valence-electron chi connectivity index (χ3n) is 4.51. The molecule has 140 valence electrons. The number of carbonyl (C=O) groups excluding carboxylic acids is 1. The van der Waals surface area contributed by atoms with Gasteiger partial charge in [-0.3, -0.25) is 4.79 Å². The number of sulfonamides is 1. The van der Waals surface area contributed by atoms with Gasteiger partial charge in [0.15, 0.2) is 0 Å². The normalized spacial score (nSPS) is 16.4. The number of piperidine rings is 1. The fourth-order valence-electron chi connectivity index (χ4n) is 3.11. The number of hydrogen-bond donors (Lipinski definition) is 2. The molecule has 0 aliphatic carbocycles. The second-order valence-corrected chi connectivity index (χ2v) is 8.64. The Morgan fingerprint density at radius 1 is 1.20 bits per heavy atom. The molecule has 2 N–H and O–H groups in total. The summed E-state index contributed by atoms with van der Waals surface area (Å²) in [6.07, 6.45) is 3.20. The van der Waals surface area contributed by atoms with Crippen molar-refractivity contribution in [2.45, 2.75) is 44.0 Å². The lowest BCUT2D eigenvalue weighted by atomic mass is 9.93. The van der Waals surface area contributed by atoms with Crippen LogP contribution in [0.4, 0.5) is 0 Å². The van der Waals surface area contributed by atoms with E-state index in [0.29, 0.717) is 11.5 Å². The van der Waals surface area contributed by atoms with E-state index < -0.39 is 10.0 Å². The Morgan fingerprint density at radius 2 is 1.80 bits per heavy atom. The lowest BCUT2D eigenvalue weighted by Crippen LogP contribution is -2.39. The predicted molar refractivity (Wildman–Crippen MR) is 99.1 cm³/mol. The third kappa shape index (κ3) is 5.52. The van der Waals surface area contributed by atoms with Gasteiger partial charge in [0.1, 0.15) is 0 Å². The van der Waals surface area contributed by atoms with E-state index in [0.717, 1.165) is 38.9 Å². The Bertz CT molecular complexity index is 663. The van der Waals surface area contributed by atoms with Crippen molar-refractivity contribution in [1.29, 1.82) is 0 Å². The zero-order valence-corrected chi connectivity index (χ0v) is 16.1. The van der Waals surface area contributed by atoms with E-state index in [9.17, 15) is 13.2 Å². The SMILES string of the molecule is CNCCC1CCN(C(=O)c2ccc(S(=O)(=O)NC(C)C)cc2)CC1. The van der Waals surface area contributed by atoms with E-state index in [-0.39, 0.29) is 16.8 Å². The molecule has 25 heavy (non-hydrogen) atoms. The zero-order valence-electron chi connectivity index (χ0n) is 15.3. The molecule has 1 fully saturated rings. The van der Waals surface area contributed by atoms with Crippen molar-refractivity contribution in [1.82, 2.24) is 14.9 Å². The largest absolute Gasteiger partial charge is 0.339 e. The van der Waals surface area contributed by atoms with Crippen molar-refractivity contribution in [3.63, 3.8) is 0 Å². The van der Waals surface area contributed by atoms with Gasteiger partial charge in [0, 0.05) is 24.7 Å². The minimum absolute atomic E-state index is 0.0205. The average Bonchev–Trinajstić information content (AvgIpc) is 2.59. The van der Waals surface area contributed by atoms with Crippen LogP contribution in [0.15, 0.2) is 29.2 Å². The van der Waals surface area contributed by atoms with Gasteiger partial charge in [-0.05, 0) is 76.9 Å². The van der Waals surface area contributed by atoms with Crippen LogP contribution in [0.1, 0.15) is 43.5 Å². The van der Waals surface area contributed by atoms with Crippen LogP contribution in [0.3, 0.4) is 0 Å². The average molecular weight is 368 g/mol. The van der Waals surface area contributed by atoms with E-state index in [4.69, 9.17) is 0 Å². The lowest BCUT2D eigenvalue weighted by molar-refractivity contribution is 0.0687. The van der Waals surface area contributed by atoms with Gasteiger partial charge in [-0.25, -0.2) is 13.1 Å². The summed E-state index contributed by atoms with van der Waals surface area (Å²) in [4.78, 5) is 14.7. The van der Waals surface area contributed by atoms with Crippen LogP contribution in [-0.2, 0) is 10.0 Å². The van der Waals surface area contributed by atoms with Gasteiger partial charge in [-0.15, -0.1) is 0 Å². The molecule has 0 radical (unpaired) electrons. The molecule has 2 rings (SSSR count). The minimum Gasteiger partial charge on any atom is -0.339 e. The molecule has 0 aromatic heterocycles. The van der Waals surface area contributed by atoms with E-state index in [2.05, 4.69) is 10.0 Å². The Morgan fingerprint density at radius 3 is 2.32 bits per heavy atom. The highest BCUT2D eigenvalue weighted by Gasteiger charge is 2.24. The zero-order chi connectivity index (χ0) is 18.4. The molecule has 7 heteroatoms. The van der Waals surface area contributed by atoms with Crippen LogP contribution in [0, 0.1) is 5.92 Å². The molecule has 0 saturated carbocycles. The first-order chi connectivity index (χ1) is 11.8. The fourth-order valence-corrected chi connectivity index (χ4v) is 4.36. The quantitative estimate of drug-likeness (QED) is 0.771. The molecule has 0 atom stereocenters. The Hall–Kier alpha value is -1.44. The van der Waals surface area contributed by atoms with Crippen molar-refractivity contribution >= 4 is 15.9 Å². The Balaban J connectivity index is 1.97. The highest BCUT2D eigenvalue weighted by atomic mass is 32.2. The summed E-state index contributed by atoms with van der Waals surface area (Å²) in [5.41, 5.74) is 0.539. The first-order valence-corrected chi connectivity index (χ1v) is 10.4. The highest BCUT2D eigenvalue weighted by molar-refractivity contribution is 7.89. The number of nitrogens with zero attached hydrogens (tertiary/aromatic N) is 1. The van der Waals surface area contributed by atoms with Crippen molar-refractivity contribution in [2.75, 3.05) is 26.7 Å². The molecular formula is C18H29N3O3S. The first-order valence-electron chi connectivity index (χ1n) is 8.89. The summed E-state index contributed by atoms with van der Waals surface area (Å²) in [5.74, 6) is 0.652. The van der Waals surface area contributed by atoms with Crippen molar-refractivity contribution in [2.24, 2.45) is 5.92 Å². The molecule has 6 nitrogen and oxygen atoms in total. The van der Waals surface area contributed by atoms with Gasteiger partial charge in [0.25, 0.3) is 5.91 Å². The van der Waals surface area contributed by atoms with Gasteiger partial charge in [-0.1, -0.05) is 0 Å². The molecule has 1 heterocycles. The smallest absolute Gasteiger partial charge is 0.253 e. The number of nitrogens with one attached hydrogen (secondary N) is 2. The van der Waals surface area contributed by atoms with Crippen molar-refractivity contribution in [3.8, 4) is 0 Å². The minimum atomic E-state index is -3.52. The fraction of sp³-hybridized carbons (Fsp3) is 0.611. The molecule has 1 aromatic carbocycles. The number of hydrogen-bond acceptors (Lipinski definition) is 4.